The molecule has 1 aromatic heterocycles. The lowest BCUT2D eigenvalue weighted by atomic mass is 10.2. The van der Waals surface area contributed by atoms with Crippen molar-refractivity contribution in [2.75, 3.05) is 6.54 Å². The second-order valence-corrected chi connectivity index (χ2v) is 2.84. The van der Waals surface area contributed by atoms with Crippen molar-refractivity contribution >= 4 is 17.2 Å². The van der Waals surface area contributed by atoms with E-state index in [1.54, 1.807) is 6.33 Å². The Morgan fingerprint density at radius 2 is 2.50 bits per heavy atom. The number of hydrogen-bond donors (Lipinski definition) is 1. The number of aryl methyl sites for hydroxylation is 1. The third-order valence-corrected chi connectivity index (χ3v) is 1.99. The highest BCUT2D eigenvalue weighted by molar-refractivity contribution is 6.31. The van der Waals surface area contributed by atoms with E-state index in [-0.39, 0.29) is 0 Å². The topological polar surface area (TPSA) is 43.8 Å². The summed E-state index contributed by atoms with van der Waals surface area (Å²) in [6.45, 7) is 7.07. The predicted molar refractivity (Wildman–Crippen MR) is 51.0 cm³/mol. The van der Waals surface area contributed by atoms with Gasteiger partial charge in [-0.2, -0.15) is 0 Å². The molecule has 0 aromatic carbocycles. The van der Waals surface area contributed by atoms with E-state index >= 15 is 0 Å². The predicted octanol–water partition coefficient (Wildman–Crippen LogP) is 1.53. The lowest BCUT2D eigenvalue weighted by Gasteiger charge is -2.05. The maximum atomic E-state index is 5.85. The van der Waals surface area contributed by atoms with Crippen molar-refractivity contribution in [2.45, 2.75) is 13.5 Å². The van der Waals surface area contributed by atoms with Crippen LogP contribution in [0.1, 0.15) is 12.6 Å². The SMILES string of the molecule is C=C(CN)c1c(Cl)ncn1CC. The molecule has 1 rings (SSSR count). The maximum absolute atomic E-state index is 5.85. The van der Waals surface area contributed by atoms with E-state index in [9.17, 15) is 0 Å². The van der Waals surface area contributed by atoms with Crippen molar-refractivity contribution in [3.05, 3.63) is 23.8 Å². The summed E-state index contributed by atoms with van der Waals surface area (Å²) in [6, 6.07) is 0. The van der Waals surface area contributed by atoms with Crippen molar-refractivity contribution in [1.29, 1.82) is 0 Å². The third kappa shape index (κ3) is 1.52. The van der Waals surface area contributed by atoms with Crippen LogP contribution in [0.2, 0.25) is 5.15 Å². The lowest BCUT2D eigenvalue weighted by molar-refractivity contribution is 0.750. The number of halogens is 1. The van der Waals surface area contributed by atoms with Crippen molar-refractivity contribution in [3.8, 4) is 0 Å². The molecule has 0 bridgehead atoms. The highest BCUT2D eigenvalue weighted by atomic mass is 35.5. The highest BCUT2D eigenvalue weighted by Gasteiger charge is 2.09. The number of aromatic nitrogens is 2. The van der Waals surface area contributed by atoms with Gasteiger partial charge < -0.3 is 10.3 Å². The van der Waals surface area contributed by atoms with E-state index in [0.717, 1.165) is 17.8 Å². The van der Waals surface area contributed by atoms with Gasteiger partial charge in [-0.05, 0) is 12.5 Å². The number of nitrogens with zero attached hydrogens (tertiary/aromatic N) is 2. The molecule has 0 unspecified atom stereocenters. The molecular weight excluding hydrogens is 174 g/mol. The smallest absolute Gasteiger partial charge is 0.154 e. The normalized spacial score (nSPS) is 10.2. The first-order valence-corrected chi connectivity index (χ1v) is 4.17. The summed E-state index contributed by atoms with van der Waals surface area (Å²) in [7, 11) is 0. The summed E-state index contributed by atoms with van der Waals surface area (Å²) < 4.78 is 1.93. The van der Waals surface area contributed by atoms with E-state index in [4.69, 9.17) is 17.3 Å². The Balaban J connectivity index is 3.10. The van der Waals surface area contributed by atoms with Gasteiger partial charge in [-0.3, -0.25) is 0 Å². The van der Waals surface area contributed by atoms with Crippen molar-refractivity contribution < 1.29 is 0 Å². The van der Waals surface area contributed by atoms with E-state index in [0.29, 0.717) is 11.7 Å². The Morgan fingerprint density at radius 3 is 3.00 bits per heavy atom. The van der Waals surface area contributed by atoms with Gasteiger partial charge in [-0.15, -0.1) is 0 Å². The number of rotatable bonds is 3. The molecule has 0 fully saturated rings. The molecule has 0 saturated heterocycles. The van der Waals surface area contributed by atoms with Crippen molar-refractivity contribution in [2.24, 2.45) is 5.73 Å². The average molecular weight is 186 g/mol. The standard InChI is InChI=1S/C8H12ClN3/c1-3-12-5-11-8(9)7(12)6(2)4-10/h5H,2-4,10H2,1H3. The minimum Gasteiger partial charge on any atom is -0.330 e. The largest absolute Gasteiger partial charge is 0.330 e. The molecule has 3 nitrogen and oxygen atoms in total. The van der Waals surface area contributed by atoms with Gasteiger partial charge in [0.25, 0.3) is 0 Å². The van der Waals surface area contributed by atoms with Crippen LogP contribution >= 0.6 is 11.6 Å². The van der Waals surface area contributed by atoms with Gasteiger partial charge in [0.05, 0.1) is 12.0 Å². The number of hydrogen-bond acceptors (Lipinski definition) is 2. The molecule has 1 heterocycles. The molecule has 0 radical (unpaired) electrons. The Kier molecular flexibility index (Phi) is 2.89. The minimum atomic E-state index is 0.408. The maximum Gasteiger partial charge on any atom is 0.154 e. The fourth-order valence-electron chi connectivity index (χ4n) is 1.04. The minimum absolute atomic E-state index is 0.408. The molecule has 0 saturated carbocycles. The highest BCUT2D eigenvalue weighted by Crippen LogP contribution is 2.20. The van der Waals surface area contributed by atoms with Gasteiger partial charge >= 0.3 is 0 Å². The molecule has 0 aliphatic carbocycles. The fourth-order valence-corrected chi connectivity index (χ4v) is 1.33. The van der Waals surface area contributed by atoms with Crippen LogP contribution in [0.25, 0.3) is 5.57 Å². The monoisotopic (exact) mass is 185 g/mol. The summed E-state index contributed by atoms with van der Waals surface area (Å²) in [5.74, 6) is 0. The van der Waals surface area contributed by atoms with Crippen LogP contribution in [0.5, 0.6) is 0 Å². The molecule has 0 aliphatic heterocycles. The van der Waals surface area contributed by atoms with Gasteiger partial charge in [0.15, 0.2) is 5.15 Å². The van der Waals surface area contributed by atoms with Crippen LogP contribution in [-0.2, 0) is 6.54 Å². The van der Waals surface area contributed by atoms with Gasteiger partial charge in [0, 0.05) is 13.1 Å². The summed E-state index contributed by atoms with van der Waals surface area (Å²) in [6.07, 6.45) is 1.69. The average Bonchev–Trinajstić information content (AvgIpc) is 2.45. The molecule has 0 atom stereocenters. The van der Waals surface area contributed by atoms with Crippen LogP contribution < -0.4 is 5.73 Å². The summed E-state index contributed by atoms with van der Waals surface area (Å²) in [5, 5.41) is 0.479. The summed E-state index contributed by atoms with van der Waals surface area (Å²) in [5.41, 5.74) is 7.12. The van der Waals surface area contributed by atoms with Gasteiger partial charge in [0.2, 0.25) is 0 Å². The zero-order valence-corrected chi connectivity index (χ0v) is 7.80. The quantitative estimate of drug-likeness (QED) is 0.776. The molecule has 1 aromatic rings. The first-order valence-electron chi connectivity index (χ1n) is 3.79. The van der Waals surface area contributed by atoms with E-state index in [1.807, 2.05) is 11.5 Å². The molecule has 12 heavy (non-hydrogen) atoms. The Hall–Kier alpha value is -0.800. The zero-order valence-electron chi connectivity index (χ0n) is 7.05. The van der Waals surface area contributed by atoms with E-state index in [1.165, 1.54) is 0 Å². The van der Waals surface area contributed by atoms with Gasteiger partial charge in [0.1, 0.15) is 0 Å². The molecule has 66 valence electrons. The molecule has 0 amide bonds. The molecule has 2 N–H and O–H groups in total. The number of imidazole rings is 1. The third-order valence-electron chi connectivity index (χ3n) is 1.72. The summed E-state index contributed by atoms with van der Waals surface area (Å²) in [4.78, 5) is 3.97. The second-order valence-electron chi connectivity index (χ2n) is 2.48. The molecule has 0 aliphatic rings. The Labute approximate surface area is 76.8 Å². The van der Waals surface area contributed by atoms with Crippen LogP contribution in [0.3, 0.4) is 0 Å². The van der Waals surface area contributed by atoms with Gasteiger partial charge in [-0.1, -0.05) is 18.2 Å². The fraction of sp³-hybridized carbons (Fsp3) is 0.375. The van der Waals surface area contributed by atoms with E-state index in [2.05, 4.69) is 11.6 Å². The van der Waals surface area contributed by atoms with Crippen LogP contribution in [0.4, 0.5) is 0 Å². The lowest BCUT2D eigenvalue weighted by Crippen LogP contribution is -2.06. The van der Waals surface area contributed by atoms with Crippen LogP contribution in [0.15, 0.2) is 12.9 Å². The number of nitrogens with two attached hydrogens (primary N) is 1. The molecular formula is C8H12ClN3. The van der Waals surface area contributed by atoms with Crippen molar-refractivity contribution in [3.63, 3.8) is 0 Å². The van der Waals surface area contributed by atoms with Crippen LogP contribution in [0, 0.1) is 0 Å². The second kappa shape index (κ2) is 3.74. The first-order chi connectivity index (χ1) is 5.70. The first kappa shape index (κ1) is 9.29. The van der Waals surface area contributed by atoms with Crippen LogP contribution in [-0.4, -0.2) is 16.1 Å². The zero-order chi connectivity index (χ0) is 9.14. The Bertz CT molecular complexity index is 290. The summed E-state index contributed by atoms with van der Waals surface area (Å²) >= 11 is 5.85. The Morgan fingerprint density at radius 1 is 1.83 bits per heavy atom. The molecule has 0 spiro atoms. The van der Waals surface area contributed by atoms with E-state index < -0.39 is 0 Å². The molecule has 4 heteroatoms. The van der Waals surface area contributed by atoms with Gasteiger partial charge in [-0.25, -0.2) is 4.98 Å². The van der Waals surface area contributed by atoms with Crippen molar-refractivity contribution in [1.82, 2.24) is 9.55 Å².